The first kappa shape index (κ1) is 17.4. The van der Waals surface area contributed by atoms with Crippen LogP contribution in [0.1, 0.15) is 11.1 Å². The Morgan fingerprint density at radius 1 is 1.08 bits per heavy atom. The first-order chi connectivity index (χ1) is 12.7. The van der Waals surface area contributed by atoms with E-state index >= 15 is 0 Å². The molecule has 1 aromatic heterocycles. The molecule has 0 aliphatic carbocycles. The molecule has 0 unspecified atom stereocenters. The van der Waals surface area contributed by atoms with Crippen molar-refractivity contribution in [2.24, 2.45) is 0 Å². The molecule has 1 heterocycles. The average molecular weight is 348 g/mol. The van der Waals surface area contributed by atoms with Crippen LogP contribution in [0.4, 0.5) is 10.1 Å². The van der Waals surface area contributed by atoms with Crippen LogP contribution in [0.15, 0.2) is 79.1 Å². The number of ether oxygens (including phenoxy) is 1. The van der Waals surface area contributed by atoms with Crippen molar-refractivity contribution in [3.63, 3.8) is 0 Å². The van der Waals surface area contributed by atoms with Gasteiger partial charge in [-0.1, -0.05) is 18.2 Å². The Morgan fingerprint density at radius 2 is 1.85 bits per heavy atom. The summed E-state index contributed by atoms with van der Waals surface area (Å²) in [7, 11) is 0. The molecule has 0 saturated carbocycles. The number of nitrogens with zero attached hydrogens (tertiary/aromatic N) is 1. The number of hydrogen-bond acceptors (Lipinski definition) is 3. The van der Waals surface area contributed by atoms with Crippen LogP contribution in [0, 0.1) is 5.82 Å². The summed E-state index contributed by atoms with van der Waals surface area (Å²) in [5, 5.41) is 2.79. The van der Waals surface area contributed by atoms with Gasteiger partial charge in [-0.2, -0.15) is 0 Å². The molecule has 3 rings (SSSR count). The molecule has 0 spiro atoms. The Bertz CT molecular complexity index is 893. The predicted octanol–water partition coefficient (Wildman–Crippen LogP) is 4.45. The van der Waals surface area contributed by atoms with E-state index in [-0.39, 0.29) is 11.7 Å². The molecule has 0 fully saturated rings. The van der Waals surface area contributed by atoms with Crippen molar-refractivity contribution in [1.82, 2.24) is 4.98 Å². The summed E-state index contributed by atoms with van der Waals surface area (Å²) in [6.45, 7) is 0.319. The van der Waals surface area contributed by atoms with Crippen LogP contribution in [-0.4, -0.2) is 10.9 Å². The number of hydrogen-bond donors (Lipinski definition) is 1. The van der Waals surface area contributed by atoms with Crippen LogP contribution in [0.25, 0.3) is 6.08 Å². The molecule has 0 saturated heterocycles. The molecule has 3 aromatic rings. The molecule has 1 N–H and O–H groups in total. The maximum atomic E-state index is 12.9. The number of halogens is 1. The van der Waals surface area contributed by atoms with Gasteiger partial charge >= 0.3 is 0 Å². The minimum atomic E-state index is -0.279. The third-order valence-corrected chi connectivity index (χ3v) is 3.55. The van der Waals surface area contributed by atoms with Gasteiger partial charge in [0.15, 0.2) is 0 Å². The minimum absolute atomic E-state index is 0.238. The fraction of sp³-hybridized carbons (Fsp3) is 0.0476. The molecule has 130 valence electrons. The number of carbonyl (C=O) groups excluding carboxylic acids is 1. The molecular weight excluding hydrogens is 331 g/mol. The van der Waals surface area contributed by atoms with E-state index in [0.29, 0.717) is 18.0 Å². The second-order valence-electron chi connectivity index (χ2n) is 5.55. The molecule has 4 nitrogen and oxygen atoms in total. The number of amides is 1. The van der Waals surface area contributed by atoms with Crippen LogP contribution in [-0.2, 0) is 11.4 Å². The number of pyridine rings is 1. The van der Waals surface area contributed by atoms with E-state index in [9.17, 15) is 9.18 Å². The minimum Gasteiger partial charge on any atom is -0.489 e. The van der Waals surface area contributed by atoms with Gasteiger partial charge in [-0.15, -0.1) is 0 Å². The van der Waals surface area contributed by atoms with Gasteiger partial charge in [0.2, 0.25) is 5.91 Å². The largest absolute Gasteiger partial charge is 0.489 e. The molecule has 5 heteroatoms. The Labute approximate surface area is 151 Å². The topological polar surface area (TPSA) is 51.2 Å². The highest BCUT2D eigenvalue weighted by Gasteiger charge is 2.01. The molecule has 2 aromatic carbocycles. The smallest absolute Gasteiger partial charge is 0.248 e. The predicted molar refractivity (Wildman–Crippen MR) is 99.1 cm³/mol. The highest BCUT2D eigenvalue weighted by atomic mass is 19.1. The fourth-order valence-corrected chi connectivity index (χ4v) is 2.24. The van der Waals surface area contributed by atoms with Crippen molar-refractivity contribution in [3.05, 3.63) is 96.1 Å². The lowest BCUT2D eigenvalue weighted by Gasteiger charge is -2.08. The molecule has 0 radical (unpaired) electrons. The summed E-state index contributed by atoms with van der Waals surface area (Å²) in [4.78, 5) is 15.9. The van der Waals surface area contributed by atoms with Crippen LogP contribution in [0.3, 0.4) is 0 Å². The maximum Gasteiger partial charge on any atom is 0.248 e. The Balaban J connectivity index is 1.57. The number of carbonyl (C=O) groups is 1. The van der Waals surface area contributed by atoms with Crippen LogP contribution >= 0.6 is 0 Å². The SMILES string of the molecule is O=C(/C=C/c1ccncc1)Nc1cccc(OCc2ccc(F)cc2)c1. The van der Waals surface area contributed by atoms with E-state index in [4.69, 9.17) is 4.74 Å². The molecule has 0 aliphatic rings. The van der Waals surface area contributed by atoms with Crippen molar-refractivity contribution in [2.75, 3.05) is 5.32 Å². The third-order valence-electron chi connectivity index (χ3n) is 3.55. The lowest BCUT2D eigenvalue weighted by atomic mass is 10.2. The summed E-state index contributed by atoms with van der Waals surface area (Å²) in [5.41, 5.74) is 2.39. The standard InChI is InChI=1S/C21H17FN2O2/c22-18-7-4-17(5-8-18)15-26-20-3-1-2-19(14-20)24-21(25)9-6-16-10-12-23-13-11-16/h1-14H,15H2,(H,24,25)/b9-6+. The van der Waals surface area contributed by atoms with E-state index < -0.39 is 0 Å². The monoisotopic (exact) mass is 348 g/mol. The Morgan fingerprint density at radius 3 is 2.62 bits per heavy atom. The van der Waals surface area contributed by atoms with E-state index in [1.165, 1.54) is 18.2 Å². The third kappa shape index (κ3) is 5.27. The van der Waals surface area contributed by atoms with Gasteiger partial charge < -0.3 is 10.1 Å². The second kappa shape index (κ2) is 8.58. The number of benzene rings is 2. The Hall–Kier alpha value is -3.47. The highest BCUT2D eigenvalue weighted by molar-refractivity contribution is 6.02. The molecule has 1 amide bonds. The summed E-state index contributed by atoms with van der Waals surface area (Å²) < 4.78 is 18.6. The van der Waals surface area contributed by atoms with E-state index in [0.717, 1.165) is 11.1 Å². The summed E-state index contributed by atoms with van der Waals surface area (Å²) in [5.74, 6) is 0.0982. The van der Waals surface area contributed by atoms with E-state index in [1.54, 1.807) is 54.9 Å². The molecule has 0 aliphatic heterocycles. The van der Waals surface area contributed by atoms with Crippen LogP contribution in [0.2, 0.25) is 0 Å². The normalized spacial score (nSPS) is 10.7. The van der Waals surface area contributed by atoms with Gasteiger partial charge in [0.1, 0.15) is 18.2 Å². The number of nitrogens with one attached hydrogen (secondary N) is 1. The zero-order chi connectivity index (χ0) is 18.2. The summed E-state index contributed by atoms with van der Waals surface area (Å²) in [6, 6.07) is 16.9. The van der Waals surface area contributed by atoms with E-state index in [1.807, 2.05) is 12.1 Å². The van der Waals surface area contributed by atoms with Gasteiger partial charge in [-0.3, -0.25) is 9.78 Å². The second-order valence-corrected chi connectivity index (χ2v) is 5.55. The zero-order valence-corrected chi connectivity index (χ0v) is 13.9. The van der Waals surface area contributed by atoms with Gasteiger partial charge in [0.25, 0.3) is 0 Å². The van der Waals surface area contributed by atoms with Crippen LogP contribution < -0.4 is 10.1 Å². The summed E-state index contributed by atoms with van der Waals surface area (Å²) >= 11 is 0. The van der Waals surface area contributed by atoms with Gasteiger partial charge in [0, 0.05) is 30.2 Å². The van der Waals surface area contributed by atoms with Crippen LogP contribution in [0.5, 0.6) is 5.75 Å². The van der Waals surface area contributed by atoms with Crippen molar-refractivity contribution >= 4 is 17.7 Å². The molecular formula is C21H17FN2O2. The fourth-order valence-electron chi connectivity index (χ4n) is 2.24. The van der Waals surface area contributed by atoms with E-state index in [2.05, 4.69) is 10.3 Å². The van der Waals surface area contributed by atoms with Crippen molar-refractivity contribution in [1.29, 1.82) is 0 Å². The Kier molecular flexibility index (Phi) is 5.72. The molecule has 0 bridgehead atoms. The maximum absolute atomic E-state index is 12.9. The average Bonchev–Trinajstić information content (AvgIpc) is 2.67. The first-order valence-corrected chi connectivity index (χ1v) is 8.05. The van der Waals surface area contributed by atoms with Gasteiger partial charge in [-0.25, -0.2) is 4.39 Å². The number of anilines is 1. The lowest BCUT2D eigenvalue weighted by molar-refractivity contribution is -0.111. The quantitative estimate of drug-likeness (QED) is 0.670. The number of rotatable bonds is 6. The lowest BCUT2D eigenvalue weighted by Crippen LogP contribution is -2.07. The summed E-state index contributed by atoms with van der Waals surface area (Å²) in [6.07, 6.45) is 6.51. The first-order valence-electron chi connectivity index (χ1n) is 8.05. The van der Waals surface area contributed by atoms with Crippen molar-refractivity contribution in [3.8, 4) is 5.75 Å². The number of aromatic nitrogens is 1. The van der Waals surface area contributed by atoms with Crippen molar-refractivity contribution < 1.29 is 13.9 Å². The van der Waals surface area contributed by atoms with Gasteiger partial charge in [0.05, 0.1) is 0 Å². The zero-order valence-electron chi connectivity index (χ0n) is 13.9. The molecule has 26 heavy (non-hydrogen) atoms. The van der Waals surface area contributed by atoms with Crippen molar-refractivity contribution in [2.45, 2.75) is 6.61 Å². The molecule has 0 atom stereocenters. The van der Waals surface area contributed by atoms with Gasteiger partial charge in [-0.05, 0) is 53.6 Å². The highest BCUT2D eigenvalue weighted by Crippen LogP contribution is 2.19.